The smallest absolute Gasteiger partial charge is 0.192 e. The van der Waals surface area contributed by atoms with E-state index in [9.17, 15) is 9.36 Å². The molecule has 0 N–H and O–H groups in total. The minimum absolute atomic E-state index is 0.171. The summed E-state index contributed by atoms with van der Waals surface area (Å²) >= 11 is 0. The molecule has 88 valence electrons. The average molecular weight is 238 g/mol. The lowest BCUT2D eigenvalue weighted by Crippen LogP contribution is -2.13. The van der Waals surface area contributed by atoms with Crippen LogP contribution in [-0.4, -0.2) is 11.7 Å². The van der Waals surface area contributed by atoms with Crippen molar-refractivity contribution < 1.29 is 9.36 Å². The molecule has 0 spiro atoms. The number of carbonyl (C=O) groups excluding carboxylic acids is 1. The number of unbranched alkanes of at least 4 members (excludes halogenated alkanes) is 2. The van der Waals surface area contributed by atoms with Crippen LogP contribution in [0.4, 0.5) is 0 Å². The second-order valence-electron chi connectivity index (χ2n) is 4.02. The van der Waals surface area contributed by atoms with Crippen LogP contribution in [0.3, 0.4) is 0 Å². The van der Waals surface area contributed by atoms with Crippen molar-refractivity contribution in [3.8, 4) is 0 Å². The first-order valence-corrected chi connectivity index (χ1v) is 7.66. The fourth-order valence-electron chi connectivity index (χ4n) is 1.72. The van der Waals surface area contributed by atoms with Crippen LogP contribution in [0.1, 0.15) is 33.1 Å². The lowest BCUT2D eigenvalue weighted by molar-refractivity contribution is -0.110. The Balaban J connectivity index is 2.90. The first kappa shape index (κ1) is 13.2. The lowest BCUT2D eigenvalue weighted by atomic mass is 10.3. The summed E-state index contributed by atoms with van der Waals surface area (Å²) in [6, 6.07) is 9.15. The average Bonchev–Trinajstić information content (AvgIpc) is 2.30. The van der Waals surface area contributed by atoms with Crippen molar-refractivity contribution in [1.82, 2.24) is 0 Å². The molecule has 0 aliphatic carbocycles. The third-order valence-corrected chi connectivity index (χ3v) is 5.85. The Morgan fingerprint density at radius 2 is 1.81 bits per heavy atom. The van der Waals surface area contributed by atoms with E-state index in [1.54, 1.807) is 12.1 Å². The van der Waals surface area contributed by atoms with Gasteiger partial charge in [0.25, 0.3) is 0 Å². The highest BCUT2D eigenvalue weighted by Crippen LogP contribution is 2.45. The van der Waals surface area contributed by atoms with E-state index in [0.29, 0.717) is 11.5 Å². The fraction of sp³-hybridized carbons (Fsp3) is 0.462. The van der Waals surface area contributed by atoms with Gasteiger partial charge < -0.3 is 4.57 Å². The normalized spacial score (nSPS) is 14.4. The summed E-state index contributed by atoms with van der Waals surface area (Å²) in [5.74, 6) is 0. The Labute approximate surface area is 97.4 Å². The summed E-state index contributed by atoms with van der Waals surface area (Å²) in [6.07, 6.45) is 3.49. The maximum atomic E-state index is 12.6. The van der Waals surface area contributed by atoms with Gasteiger partial charge in [0.2, 0.25) is 0 Å². The minimum Gasteiger partial charge on any atom is -0.311 e. The summed E-state index contributed by atoms with van der Waals surface area (Å²) < 4.78 is 12.6. The molecule has 0 fully saturated rings. The van der Waals surface area contributed by atoms with Crippen molar-refractivity contribution in [3.63, 3.8) is 0 Å². The van der Waals surface area contributed by atoms with Gasteiger partial charge in [-0.3, -0.25) is 4.79 Å². The van der Waals surface area contributed by atoms with Crippen LogP contribution >= 0.6 is 7.14 Å². The Bertz CT molecular complexity index is 384. The quantitative estimate of drug-likeness (QED) is 0.562. The molecule has 0 aromatic heterocycles. The van der Waals surface area contributed by atoms with Crippen molar-refractivity contribution in [2.45, 2.75) is 33.1 Å². The predicted octanol–water partition coefficient (Wildman–Crippen LogP) is 3.41. The third-order valence-electron chi connectivity index (χ3n) is 2.76. The molecule has 0 aliphatic rings. The van der Waals surface area contributed by atoms with Crippen molar-refractivity contribution in [2.24, 2.45) is 0 Å². The SMILES string of the molecule is CCCCCP(=O)(C(C)=O)c1ccccc1. The molecular weight excluding hydrogens is 219 g/mol. The maximum absolute atomic E-state index is 12.6. The van der Waals surface area contributed by atoms with Crippen LogP contribution < -0.4 is 5.30 Å². The highest BCUT2D eigenvalue weighted by atomic mass is 31.2. The van der Waals surface area contributed by atoms with E-state index in [1.807, 2.05) is 18.2 Å². The monoisotopic (exact) mass is 238 g/mol. The van der Waals surface area contributed by atoms with Crippen LogP contribution in [0.25, 0.3) is 0 Å². The summed E-state index contributed by atoms with van der Waals surface area (Å²) in [5.41, 5.74) is -0.171. The highest BCUT2D eigenvalue weighted by molar-refractivity contribution is 7.86. The Morgan fingerprint density at radius 3 is 2.31 bits per heavy atom. The molecule has 0 aliphatic heterocycles. The molecule has 16 heavy (non-hydrogen) atoms. The standard InChI is InChI=1S/C13H19O2P/c1-3-4-8-11-16(15,12(2)14)13-9-6-5-7-10-13/h5-7,9-10H,3-4,8,11H2,1-2H3. The zero-order valence-corrected chi connectivity index (χ0v) is 10.9. The minimum atomic E-state index is -2.81. The molecule has 1 unspecified atom stereocenters. The molecular formula is C13H19O2P. The molecule has 0 saturated heterocycles. The summed E-state index contributed by atoms with van der Waals surface area (Å²) in [7, 11) is -2.81. The number of rotatable bonds is 6. The van der Waals surface area contributed by atoms with Crippen molar-refractivity contribution in [2.75, 3.05) is 6.16 Å². The van der Waals surface area contributed by atoms with E-state index in [1.165, 1.54) is 6.92 Å². The van der Waals surface area contributed by atoms with Gasteiger partial charge in [-0.15, -0.1) is 0 Å². The van der Waals surface area contributed by atoms with E-state index in [0.717, 1.165) is 19.3 Å². The zero-order chi connectivity index (χ0) is 12.0. The van der Waals surface area contributed by atoms with Crippen molar-refractivity contribution in [1.29, 1.82) is 0 Å². The van der Waals surface area contributed by atoms with Crippen molar-refractivity contribution >= 4 is 18.0 Å². The van der Waals surface area contributed by atoms with E-state index in [-0.39, 0.29) is 5.52 Å². The van der Waals surface area contributed by atoms with Gasteiger partial charge in [0.15, 0.2) is 12.7 Å². The highest BCUT2D eigenvalue weighted by Gasteiger charge is 2.29. The van der Waals surface area contributed by atoms with Crippen LogP contribution in [-0.2, 0) is 9.36 Å². The van der Waals surface area contributed by atoms with Gasteiger partial charge in [-0.1, -0.05) is 50.1 Å². The molecule has 1 rings (SSSR count). The Hall–Kier alpha value is -0.880. The van der Waals surface area contributed by atoms with E-state index in [4.69, 9.17) is 0 Å². The lowest BCUT2D eigenvalue weighted by Gasteiger charge is -2.15. The van der Waals surface area contributed by atoms with Gasteiger partial charge in [-0.25, -0.2) is 0 Å². The first-order chi connectivity index (χ1) is 7.61. The number of carbonyl (C=O) groups is 1. The van der Waals surface area contributed by atoms with Crippen molar-refractivity contribution in [3.05, 3.63) is 30.3 Å². The molecule has 3 heteroatoms. The van der Waals surface area contributed by atoms with Gasteiger partial charge in [0.1, 0.15) is 0 Å². The second kappa shape index (κ2) is 6.00. The van der Waals surface area contributed by atoms with Crippen LogP contribution in [0.5, 0.6) is 0 Å². The number of hydrogen-bond donors (Lipinski definition) is 0. The molecule has 2 nitrogen and oxygen atoms in total. The summed E-state index contributed by atoms with van der Waals surface area (Å²) in [4.78, 5) is 11.6. The topological polar surface area (TPSA) is 34.1 Å². The molecule has 0 radical (unpaired) electrons. The molecule has 0 heterocycles. The number of benzene rings is 1. The largest absolute Gasteiger partial charge is 0.311 e. The molecule has 1 aromatic carbocycles. The molecule has 0 bridgehead atoms. The van der Waals surface area contributed by atoms with Crippen LogP contribution in [0.2, 0.25) is 0 Å². The van der Waals surface area contributed by atoms with E-state index < -0.39 is 7.14 Å². The van der Waals surface area contributed by atoms with Crippen LogP contribution in [0, 0.1) is 0 Å². The van der Waals surface area contributed by atoms with E-state index >= 15 is 0 Å². The zero-order valence-electron chi connectivity index (χ0n) is 9.98. The van der Waals surface area contributed by atoms with Gasteiger partial charge in [0, 0.05) is 18.4 Å². The molecule has 1 atom stereocenters. The van der Waals surface area contributed by atoms with Gasteiger partial charge in [-0.2, -0.15) is 0 Å². The molecule has 0 saturated carbocycles. The maximum Gasteiger partial charge on any atom is 0.192 e. The Kier molecular flexibility index (Phi) is 4.95. The van der Waals surface area contributed by atoms with E-state index in [2.05, 4.69) is 6.92 Å². The van der Waals surface area contributed by atoms with Gasteiger partial charge >= 0.3 is 0 Å². The molecule has 1 aromatic rings. The molecule has 0 amide bonds. The predicted molar refractivity (Wildman–Crippen MR) is 68.8 cm³/mol. The third kappa shape index (κ3) is 3.05. The fourth-order valence-corrected chi connectivity index (χ4v) is 3.98. The van der Waals surface area contributed by atoms with Gasteiger partial charge in [-0.05, 0) is 6.42 Å². The summed E-state index contributed by atoms with van der Waals surface area (Å²) in [5, 5.41) is 0.707. The van der Waals surface area contributed by atoms with Gasteiger partial charge in [0.05, 0.1) is 0 Å². The first-order valence-electron chi connectivity index (χ1n) is 5.77. The number of hydrogen-bond acceptors (Lipinski definition) is 2. The Morgan fingerprint density at radius 1 is 1.19 bits per heavy atom. The second-order valence-corrected chi connectivity index (χ2v) is 7.10. The van der Waals surface area contributed by atoms with Crippen LogP contribution in [0.15, 0.2) is 30.3 Å². The summed E-state index contributed by atoms with van der Waals surface area (Å²) in [6.45, 7) is 3.54.